The van der Waals surface area contributed by atoms with Crippen molar-refractivity contribution in [3.05, 3.63) is 0 Å². The Kier molecular flexibility index (Phi) is 4.05. The van der Waals surface area contributed by atoms with Crippen LogP contribution in [0.3, 0.4) is 0 Å². The molecule has 0 aliphatic heterocycles. The van der Waals surface area contributed by atoms with Crippen molar-refractivity contribution in [2.45, 2.75) is 19.9 Å². The molecule has 1 N–H and O–H groups in total. The van der Waals surface area contributed by atoms with Crippen LogP contribution in [0, 0.1) is 0 Å². The van der Waals surface area contributed by atoms with Gasteiger partial charge in [0.25, 0.3) is 0 Å². The molecule has 0 heterocycles. The molecule has 54 valence electrons. The predicted octanol–water partition coefficient (Wildman–Crippen LogP) is 0.489. The van der Waals surface area contributed by atoms with Crippen molar-refractivity contribution in [2.24, 2.45) is 4.99 Å². The summed E-state index contributed by atoms with van der Waals surface area (Å²) in [6.45, 7) is 4.08. The van der Waals surface area contributed by atoms with Crippen LogP contribution in [0.5, 0.6) is 0 Å². The SMILES string of the molecule is CNN(C)/C=N\C(C)C. The molecular weight excluding hydrogens is 114 g/mol. The fourth-order valence-electron chi connectivity index (χ4n) is 0.291. The number of nitrogens with zero attached hydrogens (tertiary/aromatic N) is 2. The Morgan fingerprint density at radius 1 is 1.56 bits per heavy atom. The summed E-state index contributed by atoms with van der Waals surface area (Å²) in [5, 5.41) is 1.81. The highest BCUT2D eigenvalue weighted by Gasteiger charge is 1.84. The zero-order chi connectivity index (χ0) is 7.28. The first kappa shape index (κ1) is 8.43. The Balaban J connectivity index is 3.43. The summed E-state index contributed by atoms with van der Waals surface area (Å²) in [6, 6.07) is 0.376. The summed E-state index contributed by atoms with van der Waals surface area (Å²) in [4.78, 5) is 4.13. The Morgan fingerprint density at radius 2 is 2.11 bits per heavy atom. The quantitative estimate of drug-likeness (QED) is 0.341. The number of hydrogen-bond acceptors (Lipinski definition) is 2. The zero-order valence-electron chi connectivity index (χ0n) is 6.55. The van der Waals surface area contributed by atoms with Gasteiger partial charge in [0, 0.05) is 20.1 Å². The van der Waals surface area contributed by atoms with Crippen LogP contribution in [0.1, 0.15) is 13.8 Å². The van der Waals surface area contributed by atoms with Crippen LogP contribution in [-0.2, 0) is 0 Å². The van der Waals surface area contributed by atoms with Crippen molar-refractivity contribution in [3.63, 3.8) is 0 Å². The summed E-state index contributed by atoms with van der Waals surface area (Å²) < 4.78 is 0. The van der Waals surface area contributed by atoms with Gasteiger partial charge in [-0.15, -0.1) is 0 Å². The highest BCUT2D eigenvalue weighted by atomic mass is 15.5. The molecule has 0 spiro atoms. The molecule has 0 fully saturated rings. The van der Waals surface area contributed by atoms with Gasteiger partial charge in [-0.05, 0) is 13.8 Å². The van der Waals surface area contributed by atoms with E-state index in [9.17, 15) is 0 Å². The van der Waals surface area contributed by atoms with Gasteiger partial charge >= 0.3 is 0 Å². The van der Waals surface area contributed by atoms with Gasteiger partial charge in [-0.25, -0.2) is 5.43 Å². The molecule has 0 radical (unpaired) electrons. The first-order valence-electron chi connectivity index (χ1n) is 3.10. The van der Waals surface area contributed by atoms with Gasteiger partial charge < -0.3 is 5.01 Å². The van der Waals surface area contributed by atoms with Gasteiger partial charge in [-0.3, -0.25) is 4.99 Å². The lowest BCUT2D eigenvalue weighted by Crippen LogP contribution is -2.29. The van der Waals surface area contributed by atoms with Gasteiger partial charge in [0.2, 0.25) is 0 Å². The van der Waals surface area contributed by atoms with Crippen LogP contribution >= 0.6 is 0 Å². The van der Waals surface area contributed by atoms with Crippen LogP contribution in [-0.4, -0.2) is 31.5 Å². The molecule has 3 heteroatoms. The predicted molar refractivity (Wildman–Crippen MR) is 40.5 cm³/mol. The molecule has 0 amide bonds. The molecule has 0 saturated carbocycles. The molecule has 0 aliphatic rings. The first-order chi connectivity index (χ1) is 4.16. The van der Waals surface area contributed by atoms with E-state index in [0.717, 1.165) is 0 Å². The Hall–Kier alpha value is -0.570. The number of rotatable bonds is 3. The molecule has 0 aromatic carbocycles. The molecule has 0 atom stereocenters. The minimum atomic E-state index is 0.376. The van der Waals surface area contributed by atoms with Crippen LogP contribution in [0.15, 0.2) is 4.99 Å². The second-order valence-electron chi connectivity index (χ2n) is 2.19. The van der Waals surface area contributed by atoms with E-state index in [2.05, 4.69) is 10.4 Å². The van der Waals surface area contributed by atoms with Gasteiger partial charge in [-0.2, -0.15) is 0 Å². The Bertz CT molecular complexity index is 88.3. The van der Waals surface area contributed by atoms with E-state index >= 15 is 0 Å². The summed E-state index contributed by atoms with van der Waals surface area (Å²) in [6.07, 6.45) is 1.77. The molecular formula is C6H15N3. The second kappa shape index (κ2) is 4.32. The lowest BCUT2D eigenvalue weighted by molar-refractivity contribution is 0.419. The van der Waals surface area contributed by atoms with Crippen molar-refractivity contribution in [2.75, 3.05) is 14.1 Å². The zero-order valence-corrected chi connectivity index (χ0v) is 6.55. The fourth-order valence-corrected chi connectivity index (χ4v) is 0.291. The van der Waals surface area contributed by atoms with Crippen molar-refractivity contribution in [3.8, 4) is 0 Å². The molecule has 0 saturated heterocycles. The van der Waals surface area contributed by atoms with Crippen LogP contribution in [0.4, 0.5) is 0 Å². The summed E-state index contributed by atoms with van der Waals surface area (Å²) >= 11 is 0. The minimum absolute atomic E-state index is 0.376. The normalized spacial score (nSPS) is 11.2. The Morgan fingerprint density at radius 3 is 2.44 bits per heavy atom. The summed E-state index contributed by atoms with van der Waals surface area (Å²) in [5.74, 6) is 0. The molecule has 0 aliphatic carbocycles. The number of hydrogen-bond donors (Lipinski definition) is 1. The smallest absolute Gasteiger partial charge is 0.0992 e. The molecule has 0 aromatic heterocycles. The third kappa shape index (κ3) is 5.30. The van der Waals surface area contributed by atoms with E-state index in [1.54, 1.807) is 11.3 Å². The van der Waals surface area contributed by atoms with Crippen LogP contribution in [0.2, 0.25) is 0 Å². The lowest BCUT2D eigenvalue weighted by atomic mass is 10.4. The van der Waals surface area contributed by atoms with Gasteiger partial charge in [0.15, 0.2) is 0 Å². The van der Waals surface area contributed by atoms with Crippen molar-refractivity contribution < 1.29 is 0 Å². The summed E-state index contributed by atoms with van der Waals surface area (Å²) in [7, 11) is 3.76. The third-order valence-corrected chi connectivity index (χ3v) is 0.891. The van der Waals surface area contributed by atoms with E-state index in [0.29, 0.717) is 6.04 Å². The largest absolute Gasteiger partial charge is 0.302 e. The Labute approximate surface area is 56.7 Å². The average Bonchev–Trinajstić information content (AvgIpc) is 1.83. The second-order valence-corrected chi connectivity index (χ2v) is 2.19. The van der Waals surface area contributed by atoms with E-state index < -0.39 is 0 Å². The highest BCUT2D eigenvalue weighted by Crippen LogP contribution is 1.82. The number of aliphatic imine (C=N–C) groups is 1. The molecule has 3 nitrogen and oxygen atoms in total. The topological polar surface area (TPSA) is 27.6 Å². The number of nitrogens with one attached hydrogen (secondary N) is 1. The van der Waals surface area contributed by atoms with E-state index in [-0.39, 0.29) is 0 Å². The van der Waals surface area contributed by atoms with Crippen molar-refractivity contribution in [1.82, 2.24) is 10.4 Å². The standard InChI is InChI=1S/C6H15N3/c1-6(2)8-5-9(4)7-3/h5-7H,1-4H3/b8-5-. The molecule has 0 bridgehead atoms. The lowest BCUT2D eigenvalue weighted by Gasteiger charge is -2.09. The third-order valence-electron chi connectivity index (χ3n) is 0.891. The molecule has 0 rings (SSSR count). The van der Waals surface area contributed by atoms with E-state index in [4.69, 9.17) is 0 Å². The molecule has 9 heavy (non-hydrogen) atoms. The fraction of sp³-hybridized carbons (Fsp3) is 0.833. The summed E-state index contributed by atoms with van der Waals surface area (Å²) in [5.41, 5.74) is 2.90. The maximum absolute atomic E-state index is 4.13. The highest BCUT2D eigenvalue weighted by molar-refractivity contribution is 5.53. The average molecular weight is 129 g/mol. The van der Waals surface area contributed by atoms with E-state index in [1.807, 2.05) is 27.9 Å². The van der Waals surface area contributed by atoms with E-state index in [1.165, 1.54) is 0 Å². The maximum Gasteiger partial charge on any atom is 0.0992 e. The van der Waals surface area contributed by atoms with Crippen LogP contribution in [0.25, 0.3) is 0 Å². The van der Waals surface area contributed by atoms with Gasteiger partial charge in [0.1, 0.15) is 0 Å². The minimum Gasteiger partial charge on any atom is -0.302 e. The van der Waals surface area contributed by atoms with Gasteiger partial charge in [-0.1, -0.05) is 0 Å². The monoisotopic (exact) mass is 129 g/mol. The number of hydrazine groups is 1. The first-order valence-corrected chi connectivity index (χ1v) is 3.10. The van der Waals surface area contributed by atoms with Crippen molar-refractivity contribution >= 4 is 6.34 Å². The van der Waals surface area contributed by atoms with Gasteiger partial charge in [0.05, 0.1) is 6.34 Å². The molecule has 0 aromatic rings. The molecule has 0 unspecified atom stereocenters. The maximum atomic E-state index is 4.13. The van der Waals surface area contributed by atoms with Crippen molar-refractivity contribution in [1.29, 1.82) is 0 Å². The van der Waals surface area contributed by atoms with Crippen LogP contribution < -0.4 is 5.43 Å².